The second-order valence-electron chi connectivity index (χ2n) is 8.19. The quantitative estimate of drug-likeness (QED) is 0.678. The summed E-state index contributed by atoms with van der Waals surface area (Å²) in [6, 6.07) is 10.8. The number of hydrogen-bond donors (Lipinski definition) is 0. The topological polar surface area (TPSA) is 43.9 Å². The Bertz CT molecular complexity index is 931. The van der Waals surface area contributed by atoms with E-state index in [1.165, 1.54) is 21.6 Å². The predicted molar refractivity (Wildman–Crippen MR) is 121 cm³/mol. The van der Waals surface area contributed by atoms with Gasteiger partial charge >= 0.3 is 0 Å². The van der Waals surface area contributed by atoms with Gasteiger partial charge in [-0.1, -0.05) is 24.3 Å². The Hall–Kier alpha value is -1.89. The molecule has 7 heteroatoms. The standard InChI is InChI=1S/C23H28ClN3O2S/c1-16-5-3-4-6-18(16)23-19-8-12-30-20(19)7-9-26(23)15-22(29)25-10-11-27(17(2)14-25)21(28)13-24/h3-6,8,12,17,23H,7,9-11,13-15H2,1-2H3/t17-,23-/m0/s1. The Morgan fingerprint density at radius 2 is 1.90 bits per heavy atom. The molecule has 2 aliphatic rings. The minimum Gasteiger partial charge on any atom is -0.338 e. The highest BCUT2D eigenvalue weighted by molar-refractivity contribution is 7.10. The first-order valence-corrected chi connectivity index (χ1v) is 11.9. The van der Waals surface area contributed by atoms with Crippen molar-refractivity contribution in [2.45, 2.75) is 32.4 Å². The van der Waals surface area contributed by atoms with Gasteiger partial charge in [-0.05, 0) is 48.4 Å². The van der Waals surface area contributed by atoms with Gasteiger partial charge in [0.05, 0.1) is 12.6 Å². The van der Waals surface area contributed by atoms with Crippen molar-refractivity contribution in [2.24, 2.45) is 0 Å². The van der Waals surface area contributed by atoms with Gasteiger partial charge in [0.15, 0.2) is 0 Å². The number of benzene rings is 1. The van der Waals surface area contributed by atoms with E-state index in [4.69, 9.17) is 11.6 Å². The van der Waals surface area contributed by atoms with Crippen LogP contribution in [0.4, 0.5) is 0 Å². The molecule has 0 unspecified atom stereocenters. The monoisotopic (exact) mass is 445 g/mol. The molecule has 30 heavy (non-hydrogen) atoms. The highest BCUT2D eigenvalue weighted by atomic mass is 35.5. The Morgan fingerprint density at radius 3 is 2.63 bits per heavy atom. The fourth-order valence-electron chi connectivity index (χ4n) is 4.70. The molecule has 2 aliphatic heterocycles. The van der Waals surface area contributed by atoms with Crippen LogP contribution in [0.15, 0.2) is 35.7 Å². The van der Waals surface area contributed by atoms with E-state index in [2.05, 4.69) is 47.5 Å². The third-order valence-electron chi connectivity index (χ3n) is 6.30. The van der Waals surface area contributed by atoms with Crippen LogP contribution in [0, 0.1) is 6.92 Å². The number of aryl methyl sites for hydroxylation is 1. The van der Waals surface area contributed by atoms with E-state index in [-0.39, 0.29) is 29.8 Å². The third-order valence-corrected chi connectivity index (χ3v) is 7.53. The average molecular weight is 446 g/mol. The lowest BCUT2D eigenvalue weighted by Gasteiger charge is -2.42. The van der Waals surface area contributed by atoms with Gasteiger partial charge in [-0.25, -0.2) is 0 Å². The molecule has 1 saturated heterocycles. The Kier molecular flexibility index (Phi) is 6.46. The van der Waals surface area contributed by atoms with E-state index >= 15 is 0 Å². The van der Waals surface area contributed by atoms with Crippen molar-refractivity contribution in [2.75, 3.05) is 38.6 Å². The minimum atomic E-state index is -0.0584. The lowest BCUT2D eigenvalue weighted by molar-refractivity contribution is -0.142. The Morgan fingerprint density at radius 1 is 1.10 bits per heavy atom. The van der Waals surface area contributed by atoms with Crippen molar-refractivity contribution in [3.05, 3.63) is 57.3 Å². The van der Waals surface area contributed by atoms with Gasteiger partial charge < -0.3 is 9.80 Å². The number of fused-ring (bicyclic) bond motifs is 1. The zero-order chi connectivity index (χ0) is 21.3. The fraction of sp³-hybridized carbons (Fsp3) is 0.478. The number of rotatable bonds is 4. The molecular weight excluding hydrogens is 418 g/mol. The van der Waals surface area contributed by atoms with Gasteiger partial charge in [-0.3, -0.25) is 14.5 Å². The van der Waals surface area contributed by atoms with Gasteiger partial charge in [0, 0.05) is 37.1 Å². The van der Waals surface area contributed by atoms with Crippen LogP contribution < -0.4 is 0 Å². The molecule has 5 nitrogen and oxygen atoms in total. The van der Waals surface area contributed by atoms with Crippen LogP contribution in [-0.2, 0) is 16.0 Å². The van der Waals surface area contributed by atoms with Gasteiger partial charge in [0.2, 0.25) is 11.8 Å². The van der Waals surface area contributed by atoms with Crippen molar-refractivity contribution in [1.82, 2.24) is 14.7 Å². The molecule has 3 heterocycles. The lowest BCUT2D eigenvalue weighted by atomic mass is 9.90. The number of halogens is 1. The normalized spacial score (nSPS) is 22.1. The molecule has 0 saturated carbocycles. The number of amides is 2. The van der Waals surface area contributed by atoms with Gasteiger partial charge in [0.1, 0.15) is 5.88 Å². The third kappa shape index (κ3) is 4.13. The molecule has 160 valence electrons. The molecule has 1 aromatic heterocycles. The van der Waals surface area contributed by atoms with Crippen molar-refractivity contribution in [3.8, 4) is 0 Å². The van der Waals surface area contributed by atoms with E-state index < -0.39 is 0 Å². The zero-order valence-corrected chi connectivity index (χ0v) is 19.1. The number of carbonyl (C=O) groups is 2. The minimum absolute atomic E-state index is 0.00680. The van der Waals surface area contributed by atoms with Crippen LogP contribution in [0.25, 0.3) is 0 Å². The number of carbonyl (C=O) groups excluding carboxylic acids is 2. The molecule has 4 rings (SSSR count). The molecule has 2 atom stereocenters. The van der Waals surface area contributed by atoms with Crippen molar-refractivity contribution >= 4 is 34.8 Å². The molecule has 2 aromatic rings. The molecule has 2 amide bonds. The van der Waals surface area contributed by atoms with Crippen molar-refractivity contribution in [1.29, 1.82) is 0 Å². The Balaban J connectivity index is 1.51. The molecular formula is C23H28ClN3O2S. The molecule has 1 fully saturated rings. The van der Waals surface area contributed by atoms with Gasteiger partial charge in [-0.15, -0.1) is 22.9 Å². The van der Waals surface area contributed by atoms with Crippen LogP contribution in [-0.4, -0.2) is 71.2 Å². The van der Waals surface area contributed by atoms with Crippen LogP contribution in [0.1, 0.15) is 34.5 Å². The molecule has 1 aromatic carbocycles. The summed E-state index contributed by atoms with van der Waals surface area (Å²) in [5.74, 6) is 0.0710. The molecule has 0 bridgehead atoms. The van der Waals surface area contributed by atoms with E-state index in [1.807, 2.05) is 23.2 Å². The van der Waals surface area contributed by atoms with E-state index in [9.17, 15) is 9.59 Å². The van der Waals surface area contributed by atoms with Crippen LogP contribution in [0.3, 0.4) is 0 Å². The molecule has 0 radical (unpaired) electrons. The number of thiophene rings is 1. The maximum absolute atomic E-state index is 13.2. The summed E-state index contributed by atoms with van der Waals surface area (Å²) in [7, 11) is 0. The summed E-state index contributed by atoms with van der Waals surface area (Å²) in [6.45, 7) is 7.08. The predicted octanol–water partition coefficient (Wildman–Crippen LogP) is 3.30. The first kappa shape index (κ1) is 21.3. The highest BCUT2D eigenvalue weighted by Gasteiger charge is 2.34. The molecule has 0 N–H and O–H groups in total. The smallest absolute Gasteiger partial charge is 0.237 e. The van der Waals surface area contributed by atoms with Crippen LogP contribution in [0.5, 0.6) is 0 Å². The maximum Gasteiger partial charge on any atom is 0.237 e. The number of hydrogen-bond acceptors (Lipinski definition) is 4. The summed E-state index contributed by atoms with van der Waals surface area (Å²) in [5, 5.41) is 2.16. The zero-order valence-electron chi connectivity index (χ0n) is 17.5. The first-order valence-electron chi connectivity index (χ1n) is 10.5. The second-order valence-corrected chi connectivity index (χ2v) is 9.46. The van der Waals surface area contributed by atoms with Gasteiger partial charge in [0.25, 0.3) is 0 Å². The lowest BCUT2D eigenvalue weighted by Crippen LogP contribution is -2.57. The van der Waals surface area contributed by atoms with E-state index in [0.717, 1.165) is 13.0 Å². The summed E-state index contributed by atoms with van der Waals surface area (Å²) >= 11 is 7.53. The summed E-state index contributed by atoms with van der Waals surface area (Å²) in [4.78, 5) is 32.6. The van der Waals surface area contributed by atoms with Crippen molar-refractivity contribution < 1.29 is 9.59 Å². The number of alkyl halides is 1. The summed E-state index contributed by atoms with van der Waals surface area (Å²) < 4.78 is 0. The molecule has 0 aliphatic carbocycles. The van der Waals surface area contributed by atoms with E-state index in [0.29, 0.717) is 26.2 Å². The largest absolute Gasteiger partial charge is 0.338 e. The second kappa shape index (κ2) is 9.08. The van der Waals surface area contributed by atoms with E-state index in [1.54, 1.807) is 4.90 Å². The summed E-state index contributed by atoms with van der Waals surface area (Å²) in [5.41, 5.74) is 3.86. The summed E-state index contributed by atoms with van der Waals surface area (Å²) in [6.07, 6.45) is 0.983. The van der Waals surface area contributed by atoms with Crippen LogP contribution in [0.2, 0.25) is 0 Å². The number of piperazine rings is 1. The highest BCUT2D eigenvalue weighted by Crippen LogP contribution is 2.38. The maximum atomic E-state index is 13.2. The van der Waals surface area contributed by atoms with Crippen LogP contribution >= 0.6 is 22.9 Å². The SMILES string of the molecule is Cc1ccccc1[C@H]1c2ccsc2CCN1CC(=O)N1CCN(C(=O)CCl)[C@@H](C)C1. The number of nitrogens with zero attached hydrogens (tertiary/aromatic N) is 3. The van der Waals surface area contributed by atoms with Gasteiger partial charge in [-0.2, -0.15) is 0 Å². The Labute approximate surface area is 187 Å². The van der Waals surface area contributed by atoms with Crippen molar-refractivity contribution in [3.63, 3.8) is 0 Å². The fourth-order valence-corrected chi connectivity index (χ4v) is 5.76. The average Bonchev–Trinajstić information content (AvgIpc) is 3.22. The first-order chi connectivity index (χ1) is 14.5. The molecule has 0 spiro atoms.